The second-order valence-electron chi connectivity index (χ2n) is 11.4. The van der Waals surface area contributed by atoms with E-state index < -0.39 is 0 Å². The lowest BCUT2D eigenvalue weighted by Crippen LogP contribution is -2.37. The van der Waals surface area contributed by atoms with Crippen molar-refractivity contribution in [3.63, 3.8) is 0 Å². The molecule has 1 fully saturated rings. The molecule has 5 nitrogen and oxygen atoms in total. The van der Waals surface area contributed by atoms with Crippen LogP contribution in [0.15, 0.2) is 112 Å². The molecule has 1 saturated heterocycles. The van der Waals surface area contributed by atoms with Gasteiger partial charge in [0.1, 0.15) is 6.79 Å². The molecule has 46 heavy (non-hydrogen) atoms. The monoisotopic (exact) mass is 633 g/mol. The van der Waals surface area contributed by atoms with Crippen molar-refractivity contribution in [3.05, 3.63) is 129 Å². The quantitative estimate of drug-likeness (QED) is 0.265. The van der Waals surface area contributed by atoms with Crippen molar-refractivity contribution in [2.24, 2.45) is 5.92 Å². The van der Waals surface area contributed by atoms with Gasteiger partial charge in [-0.1, -0.05) is 71.8 Å². The minimum Gasteiger partial charge on any atom is -0.399 e. The minimum absolute atomic E-state index is 0.829. The average Bonchev–Trinajstić information content (AvgIpc) is 3.08. The topological polar surface area (TPSA) is 52.8 Å². The van der Waals surface area contributed by atoms with Crippen LogP contribution in [0.2, 0.25) is 0 Å². The number of nitrogen functional groups attached to an aromatic ring is 1. The highest BCUT2D eigenvalue weighted by atomic mass is 16.1. The molecule has 2 aromatic carbocycles. The number of hydrogen-bond donors (Lipinski definition) is 1. The van der Waals surface area contributed by atoms with E-state index in [1.54, 1.807) is 0 Å². The van der Waals surface area contributed by atoms with E-state index in [1.165, 1.54) is 87.1 Å². The van der Waals surface area contributed by atoms with Gasteiger partial charge in [0.2, 0.25) is 0 Å². The first kappa shape index (κ1) is 46.9. The minimum atomic E-state index is 0.829. The highest BCUT2D eigenvalue weighted by Gasteiger charge is 2.16. The summed E-state index contributed by atoms with van der Waals surface area (Å²) >= 11 is 0. The van der Waals surface area contributed by atoms with E-state index >= 15 is 0 Å². The van der Waals surface area contributed by atoms with E-state index in [2.05, 4.69) is 125 Å². The van der Waals surface area contributed by atoms with Gasteiger partial charge in [0, 0.05) is 25.3 Å². The Balaban J connectivity index is -0.000000632. The van der Waals surface area contributed by atoms with Crippen LogP contribution in [0.1, 0.15) is 48.8 Å². The van der Waals surface area contributed by atoms with Crippen LogP contribution in [0, 0.1) is 26.7 Å². The van der Waals surface area contributed by atoms with Gasteiger partial charge >= 0.3 is 0 Å². The number of nitrogens with two attached hydrogens (primary N) is 1. The van der Waals surface area contributed by atoms with E-state index in [-0.39, 0.29) is 0 Å². The predicted molar refractivity (Wildman–Crippen MR) is 209 cm³/mol. The maximum absolute atomic E-state index is 8.00. The highest BCUT2D eigenvalue weighted by Crippen LogP contribution is 2.19. The molecule has 2 N–H and O–H groups in total. The van der Waals surface area contributed by atoms with Crippen molar-refractivity contribution in [1.29, 1.82) is 0 Å². The smallest absolute Gasteiger partial charge is 0.106 e. The van der Waals surface area contributed by atoms with Crippen LogP contribution in [0.25, 0.3) is 0 Å². The molecule has 4 rings (SSSR count). The Morgan fingerprint density at radius 3 is 1.41 bits per heavy atom. The Morgan fingerprint density at radius 1 is 0.674 bits per heavy atom. The summed E-state index contributed by atoms with van der Waals surface area (Å²) in [6, 6.07) is 16.3. The van der Waals surface area contributed by atoms with Gasteiger partial charge in [0.15, 0.2) is 0 Å². The Labute approximate surface area is 284 Å². The third-order valence-electron chi connectivity index (χ3n) is 7.21. The second kappa shape index (κ2) is 32.9. The number of carbonyl (C=O) groups excluding carboxylic acids is 1. The summed E-state index contributed by atoms with van der Waals surface area (Å²) in [5.41, 5.74) is 11.5. The number of anilines is 1. The molecule has 0 saturated carbocycles. The molecule has 1 unspecified atom stereocenters. The van der Waals surface area contributed by atoms with Crippen LogP contribution >= 0.6 is 0 Å². The SMILES string of the molecule is C=C.C=C.C=C.C=C1CN(C)CCCN(CC2CC=CCC2)CCCN(C)C1.C=O.Cc1ccc(C)cc1.Cc1ccc(N)cc1. The Hall–Kier alpha value is -3.51. The van der Waals surface area contributed by atoms with Crippen LogP contribution in [0.3, 0.4) is 0 Å². The van der Waals surface area contributed by atoms with Crippen molar-refractivity contribution >= 4 is 12.5 Å². The number of nitrogens with zero attached hydrogens (tertiary/aromatic N) is 3. The molecule has 0 radical (unpaired) electrons. The first-order chi connectivity index (χ1) is 22.2. The number of rotatable bonds is 2. The zero-order valence-corrected chi connectivity index (χ0v) is 30.3. The molecular weight excluding hydrogens is 564 g/mol. The molecule has 1 atom stereocenters. The maximum Gasteiger partial charge on any atom is 0.106 e. The fraction of sp³-hybridized carbons (Fsp3) is 0.439. The maximum atomic E-state index is 8.00. The molecule has 1 aliphatic carbocycles. The van der Waals surface area contributed by atoms with Gasteiger partial charge in [-0.2, -0.15) is 0 Å². The van der Waals surface area contributed by atoms with Crippen molar-refractivity contribution < 1.29 is 4.79 Å². The first-order valence-electron chi connectivity index (χ1n) is 16.3. The predicted octanol–water partition coefficient (Wildman–Crippen LogP) is 8.96. The molecule has 5 heteroatoms. The van der Waals surface area contributed by atoms with Crippen LogP contribution < -0.4 is 5.73 Å². The molecule has 1 aliphatic heterocycles. The summed E-state index contributed by atoms with van der Waals surface area (Å²) in [6.07, 6.45) is 11.3. The molecule has 1 heterocycles. The lowest BCUT2D eigenvalue weighted by Gasteiger charge is -2.31. The third-order valence-corrected chi connectivity index (χ3v) is 7.21. The molecule has 0 aromatic heterocycles. The van der Waals surface area contributed by atoms with Gasteiger partial charge in [-0.25, -0.2) is 0 Å². The van der Waals surface area contributed by atoms with Gasteiger partial charge in [-0.05, 0) is 117 Å². The fourth-order valence-electron chi connectivity index (χ4n) is 4.99. The summed E-state index contributed by atoms with van der Waals surface area (Å²) in [7, 11) is 4.46. The Kier molecular flexibility index (Phi) is 33.5. The van der Waals surface area contributed by atoms with Crippen molar-refractivity contribution in [3.8, 4) is 0 Å². The lowest BCUT2D eigenvalue weighted by atomic mass is 9.94. The summed E-state index contributed by atoms with van der Waals surface area (Å²) in [4.78, 5) is 15.6. The largest absolute Gasteiger partial charge is 0.399 e. The zero-order chi connectivity index (χ0) is 35.8. The molecule has 2 aliphatic rings. The molecule has 0 amide bonds. The van der Waals surface area contributed by atoms with Gasteiger partial charge in [0.05, 0.1) is 0 Å². The fourth-order valence-corrected chi connectivity index (χ4v) is 4.99. The first-order valence-corrected chi connectivity index (χ1v) is 16.3. The zero-order valence-electron chi connectivity index (χ0n) is 30.3. The average molecular weight is 633 g/mol. The van der Waals surface area contributed by atoms with Gasteiger partial charge in [-0.15, -0.1) is 39.5 Å². The van der Waals surface area contributed by atoms with E-state index in [0.29, 0.717) is 0 Å². The number of likely N-dealkylation sites (N-methyl/N-ethyl adjacent to an activating group) is 2. The molecule has 2 aromatic rings. The van der Waals surface area contributed by atoms with E-state index in [4.69, 9.17) is 10.5 Å². The molecule has 0 spiro atoms. The standard InChI is InChI=1S/C19H35N3.C8H10.C7H9N.3C2H4.CH2O/c1-18-15-20(2)11-7-13-22(14-8-12-21(3)16-18)17-19-9-5-4-6-10-19;1-7-3-5-8(2)6-4-7;1-6-2-4-7(8)5-3-6;4*1-2/h4-5,19H,1,6-17H2,2-3H3;3-6H,1-2H3;2-5H,8H2,1H3;3*1-2H2;1H2. The summed E-state index contributed by atoms with van der Waals surface area (Å²) in [6.45, 7) is 38.7. The van der Waals surface area contributed by atoms with Crippen molar-refractivity contribution in [1.82, 2.24) is 14.7 Å². The van der Waals surface area contributed by atoms with Crippen molar-refractivity contribution in [2.75, 3.05) is 65.6 Å². The molecular formula is C41H68N4O. The number of aryl methyl sites for hydroxylation is 3. The summed E-state index contributed by atoms with van der Waals surface area (Å²) < 4.78 is 0. The van der Waals surface area contributed by atoms with Gasteiger partial charge < -0.3 is 25.2 Å². The number of hydrogen-bond acceptors (Lipinski definition) is 5. The summed E-state index contributed by atoms with van der Waals surface area (Å²) in [5, 5.41) is 0. The van der Waals surface area contributed by atoms with Crippen LogP contribution in [-0.2, 0) is 4.79 Å². The number of benzene rings is 2. The summed E-state index contributed by atoms with van der Waals surface area (Å²) in [5.74, 6) is 0.883. The normalized spacial score (nSPS) is 17.1. The van der Waals surface area contributed by atoms with E-state index in [1.807, 2.05) is 38.0 Å². The molecule has 0 bridgehead atoms. The van der Waals surface area contributed by atoms with Crippen LogP contribution in [-0.4, -0.2) is 81.4 Å². The Morgan fingerprint density at radius 2 is 1.07 bits per heavy atom. The second-order valence-corrected chi connectivity index (χ2v) is 11.4. The van der Waals surface area contributed by atoms with E-state index in [9.17, 15) is 0 Å². The number of allylic oxidation sites excluding steroid dienone is 2. The van der Waals surface area contributed by atoms with Crippen LogP contribution in [0.4, 0.5) is 5.69 Å². The van der Waals surface area contributed by atoms with Crippen molar-refractivity contribution in [2.45, 2.75) is 52.9 Å². The van der Waals surface area contributed by atoms with Gasteiger partial charge in [0.25, 0.3) is 0 Å². The van der Waals surface area contributed by atoms with Gasteiger partial charge in [-0.3, -0.25) is 0 Å². The number of carbonyl (C=O) groups is 1. The lowest BCUT2D eigenvalue weighted by molar-refractivity contribution is -0.0980. The Bertz CT molecular complexity index is 889. The van der Waals surface area contributed by atoms with E-state index in [0.717, 1.165) is 24.7 Å². The highest BCUT2D eigenvalue weighted by molar-refractivity contribution is 5.38. The molecule has 258 valence electrons. The van der Waals surface area contributed by atoms with Crippen LogP contribution in [0.5, 0.6) is 0 Å². The third kappa shape index (κ3) is 26.9.